The van der Waals surface area contributed by atoms with Crippen LogP contribution in [-0.2, 0) is 11.2 Å². The van der Waals surface area contributed by atoms with Gasteiger partial charge in [-0.15, -0.1) is 0 Å². The minimum Gasteiger partial charge on any atom is -0.462 e. The predicted molar refractivity (Wildman–Crippen MR) is 69.4 cm³/mol. The highest BCUT2D eigenvalue weighted by Gasteiger charge is 2.13. The van der Waals surface area contributed by atoms with Crippen molar-refractivity contribution in [1.82, 2.24) is 15.0 Å². The van der Waals surface area contributed by atoms with Crippen LogP contribution >= 0.6 is 0 Å². The zero-order chi connectivity index (χ0) is 13.7. The van der Waals surface area contributed by atoms with Crippen molar-refractivity contribution in [3.8, 4) is 0 Å². The third kappa shape index (κ3) is 3.25. The first-order valence-corrected chi connectivity index (χ1v) is 5.88. The van der Waals surface area contributed by atoms with Crippen LogP contribution < -0.4 is 5.73 Å². The Bertz CT molecular complexity index is 572. The van der Waals surface area contributed by atoms with Crippen molar-refractivity contribution in [2.75, 3.05) is 12.3 Å². The summed E-state index contributed by atoms with van der Waals surface area (Å²) in [5.41, 5.74) is 6.96. The van der Waals surface area contributed by atoms with Crippen LogP contribution in [0.2, 0.25) is 0 Å². The Kier molecular flexibility index (Phi) is 4.02. The summed E-state index contributed by atoms with van der Waals surface area (Å²) in [6.45, 7) is 2.02. The van der Waals surface area contributed by atoms with Crippen molar-refractivity contribution in [3.05, 3.63) is 47.7 Å². The van der Waals surface area contributed by atoms with E-state index in [-0.39, 0.29) is 18.0 Å². The maximum Gasteiger partial charge on any atom is 0.343 e. The fourth-order valence-electron chi connectivity index (χ4n) is 1.57. The second-order valence-electron chi connectivity index (χ2n) is 3.84. The van der Waals surface area contributed by atoms with E-state index in [4.69, 9.17) is 10.5 Å². The summed E-state index contributed by atoms with van der Waals surface area (Å²) in [7, 11) is 0. The largest absolute Gasteiger partial charge is 0.462 e. The molecule has 98 valence electrons. The molecule has 0 aliphatic heterocycles. The van der Waals surface area contributed by atoms with Crippen molar-refractivity contribution < 1.29 is 9.53 Å². The number of nitrogens with two attached hydrogens (primary N) is 1. The minimum atomic E-state index is -0.504. The van der Waals surface area contributed by atoms with Crippen LogP contribution in [0.15, 0.2) is 30.7 Å². The van der Waals surface area contributed by atoms with Gasteiger partial charge in [-0.25, -0.2) is 14.8 Å². The van der Waals surface area contributed by atoms with Gasteiger partial charge < -0.3 is 10.5 Å². The molecule has 0 saturated heterocycles. The van der Waals surface area contributed by atoms with Gasteiger partial charge in [0.1, 0.15) is 17.2 Å². The molecule has 2 N–H and O–H groups in total. The van der Waals surface area contributed by atoms with E-state index >= 15 is 0 Å². The summed E-state index contributed by atoms with van der Waals surface area (Å²) in [6.07, 6.45) is 5.34. The number of ether oxygens (including phenoxy) is 1. The van der Waals surface area contributed by atoms with Gasteiger partial charge in [-0.05, 0) is 24.6 Å². The van der Waals surface area contributed by atoms with Crippen LogP contribution in [0.5, 0.6) is 0 Å². The summed E-state index contributed by atoms with van der Waals surface area (Å²) < 4.78 is 4.86. The molecule has 19 heavy (non-hydrogen) atoms. The van der Waals surface area contributed by atoms with Gasteiger partial charge in [0.15, 0.2) is 0 Å². The van der Waals surface area contributed by atoms with Gasteiger partial charge in [-0.1, -0.05) is 0 Å². The van der Waals surface area contributed by atoms with Crippen LogP contribution in [-0.4, -0.2) is 27.5 Å². The molecule has 0 aromatic carbocycles. The molecular formula is C13H14N4O2. The van der Waals surface area contributed by atoms with Crippen LogP contribution in [0.4, 0.5) is 5.82 Å². The molecular weight excluding hydrogens is 244 g/mol. The Labute approximate surface area is 110 Å². The first-order valence-electron chi connectivity index (χ1n) is 5.88. The number of esters is 1. The smallest absolute Gasteiger partial charge is 0.343 e. The lowest BCUT2D eigenvalue weighted by molar-refractivity contribution is 0.0526. The number of hydrogen-bond acceptors (Lipinski definition) is 6. The average Bonchev–Trinajstić information content (AvgIpc) is 2.40. The molecule has 2 heterocycles. The van der Waals surface area contributed by atoms with Crippen LogP contribution in [0.1, 0.15) is 28.7 Å². The van der Waals surface area contributed by atoms with Gasteiger partial charge in [0.2, 0.25) is 0 Å². The van der Waals surface area contributed by atoms with Crippen LogP contribution in [0.25, 0.3) is 0 Å². The van der Waals surface area contributed by atoms with Crippen LogP contribution in [0, 0.1) is 0 Å². The van der Waals surface area contributed by atoms with Crippen molar-refractivity contribution in [2.45, 2.75) is 13.3 Å². The molecule has 2 aromatic rings. The Hall–Kier alpha value is -2.50. The van der Waals surface area contributed by atoms with Crippen molar-refractivity contribution in [3.63, 3.8) is 0 Å². The SMILES string of the molecule is CCOC(=O)c1cnc(Cc2ccncc2)nc1N. The molecule has 0 aliphatic rings. The fourth-order valence-corrected chi connectivity index (χ4v) is 1.57. The number of hydrogen-bond donors (Lipinski definition) is 1. The lowest BCUT2D eigenvalue weighted by Crippen LogP contribution is -2.12. The van der Waals surface area contributed by atoms with E-state index in [2.05, 4.69) is 15.0 Å². The van der Waals surface area contributed by atoms with Crippen molar-refractivity contribution in [2.24, 2.45) is 0 Å². The number of carbonyl (C=O) groups excluding carboxylic acids is 1. The monoisotopic (exact) mass is 258 g/mol. The Balaban J connectivity index is 2.17. The van der Waals surface area contributed by atoms with E-state index < -0.39 is 5.97 Å². The first-order chi connectivity index (χ1) is 9.20. The molecule has 0 radical (unpaired) electrons. The third-order valence-electron chi connectivity index (χ3n) is 2.48. The molecule has 0 unspecified atom stereocenters. The second kappa shape index (κ2) is 5.90. The van der Waals surface area contributed by atoms with E-state index in [1.54, 1.807) is 19.3 Å². The second-order valence-corrected chi connectivity index (χ2v) is 3.84. The molecule has 6 heteroatoms. The Morgan fingerprint density at radius 2 is 2.11 bits per heavy atom. The average molecular weight is 258 g/mol. The quantitative estimate of drug-likeness (QED) is 0.829. The number of anilines is 1. The number of pyridine rings is 1. The molecule has 0 bridgehead atoms. The zero-order valence-electron chi connectivity index (χ0n) is 10.5. The normalized spacial score (nSPS) is 10.2. The van der Waals surface area contributed by atoms with Gasteiger partial charge in [-0.3, -0.25) is 4.98 Å². The van der Waals surface area contributed by atoms with Gasteiger partial charge in [-0.2, -0.15) is 0 Å². The molecule has 2 aromatic heterocycles. The molecule has 0 saturated carbocycles. The molecule has 0 atom stereocenters. The van der Waals surface area contributed by atoms with E-state index in [9.17, 15) is 4.79 Å². The maximum atomic E-state index is 11.5. The summed E-state index contributed by atoms with van der Waals surface area (Å²) in [5.74, 6) is 0.185. The van der Waals surface area contributed by atoms with Gasteiger partial charge >= 0.3 is 5.97 Å². The molecule has 0 aliphatic carbocycles. The number of aromatic nitrogens is 3. The minimum absolute atomic E-state index is 0.137. The Morgan fingerprint density at radius 3 is 2.74 bits per heavy atom. The Morgan fingerprint density at radius 1 is 1.37 bits per heavy atom. The molecule has 0 amide bonds. The van der Waals surface area contributed by atoms with E-state index in [1.165, 1.54) is 6.20 Å². The highest BCUT2D eigenvalue weighted by atomic mass is 16.5. The number of nitrogen functional groups attached to an aromatic ring is 1. The van der Waals surface area contributed by atoms with Crippen LogP contribution in [0.3, 0.4) is 0 Å². The topological polar surface area (TPSA) is 91.0 Å². The molecule has 6 nitrogen and oxygen atoms in total. The summed E-state index contributed by atoms with van der Waals surface area (Å²) in [5, 5.41) is 0. The van der Waals surface area contributed by atoms with E-state index in [0.29, 0.717) is 12.2 Å². The molecule has 2 rings (SSSR count). The first kappa shape index (κ1) is 12.9. The standard InChI is InChI=1S/C13H14N4O2/c1-2-19-13(18)10-8-16-11(17-12(10)14)7-9-3-5-15-6-4-9/h3-6,8H,2,7H2,1H3,(H2,14,16,17). The lowest BCUT2D eigenvalue weighted by atomic mass is 10.2. The summed E-state index contributed by atoms with van der Waals surface area (Å²) in [4.78, 5) is 23.7. The highest BCUT2D eigenvalue weighted by molar-refractivity contribution is 5.93. The summed E-state index contributed by atoms with van der Waals surface area (Å²) >= 11 is 0. The van der Waals surface area contributed by atoms with Gasteiger partial charge in [0, 0.05) is 25.0 Å². The van der Waals surface area contributed by atoms with Crippen molar-refractivity contribution in [1.29, 1.82) is 0 Å². The highest BCUT2D eigenvalue weighted by Crippen LogP contribution is 2.11. The van der Waals surface area contributed by atoms with Gasteiger partial charge in [0.25, 0.3) is 0 Å². The van der Waals surface area contributed by atoms with Gasteiger partial charge in [0.05, 0.1) is 6.61 Å². The lowest BCUT2D eigenvalue weighted by Gasteiger charge is -2.06. The third-order valence-corrected chi connectivity index (χ3v) is 2.48. The van der Waals surface area contributed by atoms with E-state index in [0.717, 1.165) is 5.56 Å². The number of carbonyl (C=O) groups is 1. The molecule has 0 spiro atoms. The van der Waals surface area contributed by atoms with Crippen molar-refractivity contribution >= 4 is 11.8 Å². The summed E-state index contributed by atoms with van der Waals surface area (Å²) in [6, 6.07) is 3.75. The fraction of sp³-hybridized carbons (Fsp3) is 0.231. The zero-order valence-corrected chi connectivity index (χ0v) is 10.5. The number of nitrogens with zero attached hydrogens (tertiary/aromatic N) is 3. The predicted octanol–water partition coefficient (Wildman–Crippen LogP) is 1.22. The van der Waals surface area contributed by atoms with E-state index in [1.807, 2.05) is 12.1 Å². The maximum absolute atomic E-state index is 11.5. The molecule has 0 fully saturated rings. The number of rotatable bonds is 4.